The van der Waals surface area contributed by atoms with Gasteiger partial charge in [0.05, 0.1) is 6.20 Å². The minimum Gasteiger partial charge on any atom is -0.310 e. The van der Waals surface area contributed by atoms with Crippen molar-refractivity contribution in [2.45, 2.75) is 36.2 Å². The van der Waals surface area contributed by atoms with Gasteiger partial charge in [0.15, 0.2) is 0 Å². The van der Waals surface area contributed by atoms with Crippen molar-refractivity contribution in [1.82, 2.24) is 15.3 Å². The van der Waals surface area contributed by atoms with Crippen LogP contribution in [0.2, 0.25) is 0 Å². The molecule has 19 heavy (non-hydrogen) atoms. The van der Waals surface area contributed by atoms with Crippen molar-refractivity contribution < 1.29 is 0 Å². The maximum atomic E-state index is 4.33. The van der Waals surface area contributed by atoms with Gasteiger partial charge in [-0.2, -0.15) is 0 Å². The zero-order valence-corrected chi connectivity index (χ0v) is 12.2. The zero-order chi connectivity index (χ0) is 13.5. The van der Waals surface area contributed by atoms with Gasteiger partial charge in [0.25, 0.3) is 0 Å². The molecule has 1 unspecified atom stereocenters. The summed E-state index contributed by atoms with van der Waals surface area (Å²) in [6.07, 6.45) is 6.30. The van der Waals surface area contributed by atoms with Crippen molar-refractivity contribution in [1.29, 1.82) is 0 Å². The van der Waals surface area contributed by atoms with Crippen molar-refractivity contribution in [3.63, 3.8) is 0 Å². The van der Waals surface area contributed by atoms with Crippen LogP contribution in [0.5, 0.6) is 0 Å². The summed E-state index contributed by atoms with van der Waals surface area (Å²) in [5, 5.41) is 4.46. The number of hydrogen-bond donors (Lipinski definition) is 1. The van der Waals surface area contributed by atoms with Gasteiger partial charge in [0.1, 0.15) is 5.03 Å². The second-order valence-electron chi connectivity index (χ2n) is 4.20. The molecule has 0 aliphatic heterocycles. The third-order valence-electron chi connectivity index (χ3n) is 2.91. The highest BCUT2D eigenvalue weighted by Gasteiger charge is 2.13. The first kappa shape index (κ1) is 14.0. The third kappa shape index (κ3) is 3.78. The van der Waals surface area contributed by atoms with E-state index in [4.69, 9.17) is 0 Å². The van der Waals surface area contributed by atoms with Gasteiger partial charge in [-0.1, -0.05) is 43.8 Å². The fourth-order valence-corrected chi connectivity index (χ4v) is 2.96. The van der Waals surface area contributed by atoms with Crippen molar-refractivity contribution >= 4 is 11.8 Å². The summed E-state index contributed by atoms with van der Waals surface area (Å²) in [6, 6.07) is 8.89. The van der Waals surface area contributed by atoms with Crippen LogP contribution in [-0.2, 0) is 0 Å². The lowest BCUT2D eigenvalue weighted by molar-refractivity contribution is 0.530. The molecule has 2 rings (SSSR count). The molecule has 3 nitrogen and oxygen atoms in total. The molecule has 1 heterocycles. The van der Waals surface area contributed by atoms with Gasteiger partial charge < -0.3 is 5.32 Å². The van der Waals surface area contributed by atoms with Gasteiger partial charge in [-0.3, -0.25) is 4.98 Å². The highest BCUT2D eigenvalue weighted by molar-refractivity contribution is 7.99. The van der Waals surface area contributed by atoms with Crippen LogP contribution in [0.4, 0.5) is 0 Å². The Hall–Kier alpha value is -1.39. The Kier molecular flexibility index (Phi) is 5.36. The normalized spacial score (nSPS) is 12.3. The summed E-state index contributed by atoms with van der Waals surface area (Å²) >= 11 is 1.67. The van der Waals surface area contributed by atoms with Gasteiger partial charge in [-0.25, -0.2) is 4.98 Å². The molecule has 0 aliphatic carbocycles. The molecule has 0 saturated heterocycles. The summed E-state index contributed by atoms with van der Waals surface area (Å²) in [7, 11) is 0. The van der Waals surface area contributed by atoms with E-state index in [9.17, 15) is 0 Å². The van der Waals surface area contributed by atoms with Crippen LogP contribution in [0, 0.1) is 0 Å². The molecule has 0 bridgehead atoms. The van der Waals surface area contributed by atoms with Crippen LogP contribution < -0.4 is 5.32 Å². The Labute approximate surface area is 118 Å². The smallest absolute Gasteiger partial charge is 0.119 e. The van der Waals surface area contributed by atoms with Gasteiger partial charge in [-0.15, -0.1) is 0 Å². The third-order valence-corrected chi connectivity index (χ3v) is 3.92. The molecule has 1 N–H and O–H groups in total. The molecule has 0 amide bonds. The highest BCUT2D eigenvalue weighted by atomic mass is 32.2. The van der Waals surface area contributed by atoms with Crippen molar-refractivity contribution in [2.75, 3.05) is 6.54 Å². The average molecular weight is 273 g/mol. The predicted octanol–water partition coefficient (Wildman–Crippen LogP) is 3.69. The predicted molar refractivity (Wildman–Crippen MR) is 79.3 cm³/mol. The van der Waals surface area contributed by atoms with E-state index >= 15 is 0 Å². The second-order valence-corrected chi connectivity index (χ2v) is 5.26. The van der Waals surface area contributed by atoms with Gasteiger partial charge in [-0.05, 0) is 24.6 Å². The standard InChI is InChI=1S/C15H19N3S/c1-3-13(17-4-2)12-7-5-6-8-14(12)19-15-11-16-9-10-18-15/h5-11,13,17H,3-4H2,1-2H3. The van der Waals surface area contributed by atoms with E-state index in [1.54, 1.807) is 30.4 Å². The maximum Gasteiger partial charge on any atom is 0.119 e. The zero-order valence-electron chi connectivity index (χ0n) is 11.3. The Morgan fingerprint density at radius 1 is 1.21 bits per heavy atom. The number of nitrogens with zero attached hydrogens (tertiary/aromatic N) is 2. The van der Waals surface area contributed by atoms with Crippen LogP contribution in [0.1, 0.15) is 31.9 Å². The summed E-state index contributed by atoms with van der Waals surface area (Å²) in [6.45, 7) is 5.32. The lowest BCUT2D eigenvalue weighted by atomic mass is 10.0. The Bertz CT molecular complexity index is 502. The first-order valence-electron chi connectivity index (χ1n) is 6.61. The molecule has 0 spiro atoms. The van der Waals surface area contributed by atoms with E-state index in [-0.39, 0.29) is 0 Å². The number of benzene rings is 1. The van der Waals surface area contributed by atoms with Crippen molar-refractivity contribution in [3.8, 4) is 0 Å². The molecule has 100 valence electrons. The highest BCUT2D eigenvalue weighted by Crippen LogP contribution is 2.32. The largest absolute Gasteiger partial charge is 0.310 e. The Morgan fingerprint density at radius 2 is 2.05 bits per heavy atom. The number of aromatic nitrogens is 2. The molecule has 4 heteroatoms. The van der Waals surface area contributed by atoms with E-state index in [0.717, 1.165) is 18.0 Å². The lowest BCUT2D eigenvalue weighted by Crippen LogP contribution is -2.20. The molecular formula is C15H19N3S. The average Bonchev–Trinajstić information content (AvgIpc) is 2.47. The molecule has 0 radical (unpaired) electrons. The lowest BCUT2D eigenvalue weighted by Gasteiger charge is -2.19. The summed E-state index contributed by atoms with van der Waals surface area (Å²) in [4.78, 5) is 9.69. The van der Waals surface area contributed by atoms with Crippen molar-refractivity contribution in [3.05, 3.63) is 48.4 Å². The number of hydrogen-bond acceptors (Lipinski definition) is 4. The Balaban J connectivity index is 2.25. The van der Waals surface area contributed by atoms with Crippen LogP contribution in [-0.4, -0.2) is 16.5 Å². The molecule has 2 aromatic rings. The topological polar surface area (TPSA) is 37.8 Å². The van der Waals surface area contributed by atoms with Gasteiger partial charge >= 0.3 is 0 Å². The van der Waals surface area contributed by atoms with Gasteiger partial charge in [0, 0.05) is 23.3 Å². The SMILES string of the molecule is CCNC(CC)c1ccccc1Sc1cnccn1. The molecule has 0 fully saturated rings. The molecule has 1 aromatic heterocycles. The minimum absolute atomic E-state index is 0.394. The second kappa shape index (κ2) is 7.26. The van der Waals surface area contributed by atoms with Crippen LogP contribution in [0.25, 0.3) is 0 Å². The fourth-order valence-electron chi connectivity index (χ4n) is 2.03. The summed E-state index contributed by atoms with van der Waals surface area (Å²) in [5.41, 5.74) is 1.34. The van der Waals surface area contributed by atoms with Crippen LogP contribution in [0.3, 0.4) is 0 Å². The quantitative estimate of drug-likeness (QED) is 0.871. The van der Waals surface area contributed by atoms with Gasteiger partial charge in [0.2, 0.25) is 0 Å². The number of nitrogens with one attached hydrogen (secondary N) is 1. The monoisotopic (exact) mass is 273 g/mol. The minimum atomic E-state index is 0.394. The van der Waals surface area contributed by atoms with E-state index < -0.39 is 0 Å². The summed E-state index contributed by atoms with van der Waals surface area (Å²) in [5.74, 6) is 0. The molecule has 0 saturated carbocycles. The van der Waals surface area contributed by atoms with Crippen LogP contribution in [0.15, 0.2) is 52.8 Å². The first-order chi connectivity index (χ1) is 9.35. The molecule has 0 aliphatic rings. The maximum absolute atomic E-state index is 4.33. The van der Waals surface area contributed by atoms with E-state index in [0.29, 0.717) is 6.04 Å². The molecular weight excluding hydrogens is 254 g/mol. The Morgan fingerprint density at radius 3 is 2.74 bits per heavy atom. The van der Waals surface area contributed by atoms with E-state index in [1.165, 1.54) is 10.5 Å². The number of rotatable bonds is 6. The molecule has 1 aromatic carbocycles. The van der Waals surface area contributed by atoms with Crippen LogP contribution >= 0.6 is 11.8 Å². The van der Waals surface area contributed by atoms with E-state index in [1.807, 2.05) is 0 Å². The first-order valence-corrected chi connectivity index (χ1v) is 7.43. The van der Waals surface area contributed by atoms with E-state index in [2.05, 4.69) is 53.4 Å². The molecule has 1 atom stereocenters. The van der Waals surface area contributed by atoms with Crippen molar-refractivity contribution in [2.24, 2.45) is 0 Å². The summed E-state index contributed by atoms with van der Waals surface area (Å²) < 4.78 is 0. The fraction of sp³-hybridized carbons (Fsp3) is 0.333.